The van der Waals surface area contributed by atoms with Crippen molar-refractivity contribution in [3.8, 4) is 67.3 Å². The van der Waals surface area contributed by atoms with E-state index in [4.69, 9.17) is 20.3 Å². The van der Waals surface area contributed by atoms with Gasteiger partial charge in [0.25, 0.3) is 0 Å². The molecule has 0 amide bonds. The highest BCUT2D eigenvalue weighted by molar-refractivity contribution is 6.10. The van der Waals surface area contributed by atoms with Crippen molar-refractivity contribution in [3.63, 3.8) is 0 Å². The van der Waals surface area contributed by atoms with E-state index >= 15 is 0 Å². The van der Waals surface area contributed by atoms with Crippen LogP contribution in [0.25, 0.3) is 72.6 Å². The van der Waals surface area contributed by atoms with Gasteiger partial charge in [0.05, 0.1) is 11.4 Å². The fourth-order valence-corrected chi connectivity index (χ4v) is 7.87. The molecule has 0 saturated carbocycles. The van der Waals surface area contributed by atoms with E-state index in [-0.39, 0.29) is 11.5 Å². The zero-order valence-electron chi connectivity index (χ0n) is 30.4. The summed E-state index contributed by atoms with van der Waals surface area (Å²) in [6.07, 6.45) is 2.09. The van der Waals surface area contributed by atoms with Crippen molar-refractivity contribution in [2.24, 2.45) is 4.99 Å². The number of rotatable bonds is 6. The van der Waals surface area contributed by atoms with E-state index in [0.717, 1.165) is 67.4 Å². The lowest BCUT2D eigenvalue weighted by atomic mass is 9.82. The molecule has 9 rings (SSSR count). The molecule has 0 N–H and O–H groups in total. The summed E-state index contributed by atoms with van der Waals surface area (Å²) in [6, 6.07) is 54.0. The first-order valence-corrected chi connectivity index (χ1v) is 18.3. The van der Waals surface area contributed by atoms with E-state index in [0.29, 0.717) is 5.82 Å². The Kier molecular flexibility index (Phi) is 7.97. The molecular formula is C49H39N4-. The van der Waals surface area contributed by atoms with Crippen LogP contribution < -0.4 is 0 Å². The minimum atomic E-state index is -0.0601. The quantitative estimate of drug-likeness (QED) is 0.175. The number of amidine groups is 1. The second kappa shape index (κ2) is 13.0. The molecule has 0 spiro atoms. The van der Waals surface area contributed by atoms with E-state index in [1.807, 2.05) is 19.1 Å². The molecule has 4 heteroatoms. The largest absolute Gasteiger partial charge is 0.458 e. The fraction of sp³-hybridized carbons (Fsp3) is 0.122. The normalized spacial score (nSPS) is 15.5. The molecule has 1 aromatic heterocycles. The lowest BCUT2D eigenvalue weighted by Crippen LogP contribution is -2.14. The monoisotopic (exact) mass is 683 g/mol. The molecule has 7 aromatic rings. The van der Waals surface area contributed by atoms with Gasteiger partial charge in [0, 0.05) is 22.1 Å². The maximum absolute atomic E-state index is 5.23. The van der Waals surface area contributed by atoms with Gasteiger partial charge in [-0.1, -0.05) is 154 Å². The molecular weight excluding hydrogens is 645 g/mol. The van der Waals surface area contributed by atoms with Gasteiger partial charge in [0.2, 0.25) is 0 Å². The maximum Gasteiger partial charge on any atom is 0.160 e. The number of hydrogen-bond donors (Lipinski definition) is 0. The Bertz CT molecular complexity index is 2520. The van der Waals surface area contributed by atoms with Crippen LogP contribution in [0, 0.1) is 0 Å². The lowest BCUT2D eigenvalue weighted by Gasteiger charge is -2.29. The third-order valence-electron chi connectivity index (χ3n) is 10.5. The van der Waals surface area contributed by atoms with Crippen molar-refractivity contribution in [2.45, 2.75) is 39.2 Å². The Morgan fingerprint density at radius 2 is 1.04 bits per heavy atom. The van der Waals surface area contributed by atoms with E-state index < -0.39 is 0 Å². The zero-order valence-corrected chi connectivity index (χ0v) is 30.4. The molecule has 1 unspecified atom stereocenters. The fourth-order valence-electron chi connectivity index (χ4n) is 7.87. The Hall–Kier alpha value is -6.39. The molecule has 1 atom stereocenters. The van der Waals surface area contributed by atoms with Gasteiger partial charge in [0.1, 0.15) is 0 Å². The second-order valence-electron chi connectivity index (χ2n) is 14.6. The van der Waals surface area contributed by atoms with Gasteiger partial charge in [-0.05, 0) is 99.4 Å². The first-order valence-electron chi connectivity index (χ1n) is 18.3. The summed E-state index contributed by atoms with van der Waals surface area (Å²) in [4.78, 5) is 15.3. The van der Waals surface area contributed by atoms with Crippen molar-refractivity contribution in [2.75, 3.05) is 0 Å². The molecule has 0 bridgehead atoms. The van der Waals surface area contributed by atoms with E-state index in [2.05, 4.69) is 166 Å². The van der Waals surface area contributed by atoms with Crippen LogP contribution in [-0.4, -0.2) is 21.8 Å². The molecule has 2 aliphatic rings. The maximum atomic E-state index is 5.23. The summed E-state index contributed by atoms with van der Waals surface area (Å²) in [5.74, 6) is 1.44. The third-order valence-corrected chi connectivity index (χ3v) is 10.5. The van der Waals surface area contributed by atoms with E-state index in [9.17, 15) is 0 Å². The molecule has 1 aliphatic carbocycles. The number of nitrogens with zero attached hydrogens (tertiary/aromatic N) is 4. The third kappa shape index (κ3) is 6.06. The number of aliphatic imine (C=N–C) groups is 1. The van der Waals surface area contributed by atoms with E-state index in [1.165, 1.54) is 22.3 Å². The van der Waals surface area contributed by atoms with Crippen LogP contribution in [0.15, 0.2) is 168 Å². The number of benzene rings is 6. The van der Waals surface area contributed by atoms with E-state index in [1.54, 1.807) is 0 Å². The number of hydrogen-bond acceptors (Lipinski definition) is 3. The highest BCUT2D eigenvalue weighted by Crippen LogP contribution is 2.49. The van der Waals surface area contributed by atoms with Crippen LogP contribution in [0.1, 0.15) is 44.4 Å². The predicted octanol–water partition coefficient (Wildman–Crippen LogP) is 12.5. The average Bonchev–Trinajstić information content (AvgIpc) is 3.43. The van der Waals surface area contributed by atoms with Gasteiger partial charge in [0.15, 0.2) is 5.82 Å². The van der Waals surface area contributed by atoms with Crippen molar-refractivity contribution < 1.29 is 0 Å². The summed E-state index contributed by atoms with van der Waals surface area (Å²) < 4.78 is 0. The van der Waals surface area contributed by atoms with Crippen LogP contribution in [0.5, 0.6) is 0 Å². The predicted molar refractivity (Wildman–Crippen MR) is 220 cm³/mol. The summed E-state index contributed by atoms with van der Waals surface area (Å²) in [5, 5.41) is 4.86. The standard InChI is InChI=1S/C49H39N4/c1-31-24-32(2)51-47(50-31)37-19-13-18-35(25-37)38-26-39(36-22-23-44-42(29-36)41-20-11-12-21-43(41)49(44,3)4)28-40(27-38)48-52-45(33-14-7-5-8-15-33)30-46(53-48)34-16-9-6-10-17-34/h5-31H,1-4H3/q-1. The summed E-state index contributed by atoms with van der Waals surface area (Å²) >= 11 is 0. The smallest absolute Gasteiger partial charge is 0.160 e. The molecule has 0 radical (unpaired) electrons. The van der Waals surface area contributed by atoms with Crippen molar-refractivity contribution in [1.82, 2.24) is 9.97 Å². The summed E-state index contributed by atoms with van der Waals surface area (Å²) in [7, 11) is 0. The Labute approximate surface area is 311 Å². The first-order chi connectivity index (χ1) is 25.8. The Morgan fingerprint density at radius 3 is 1.72 bits per heavy atom. The highest BCUT2D eigenvalue weighted by atomic mass is 15.0. The van der Waals surface area contributed by atoms with Crippen molar-refractivity contribution in [1.29, 1.82) is 0 Å². The van der Waals surface area contributed by atoms with Gasteiger partial charge >= 0.3 is 0 Å². The molecule has 1 aliphatic heterocycles. The Balaban J connectivity index is 1.25. The number of allylic oxidation sites excluding steroid dienone is 1. The molecule has 4 nitrogen and oxygen atoms in total. The van der Waals surface area contributed by atoms with Gasteiger partial charge < -0.3 is 10.3 Å². The topological polar surface area (TPSA) is 52.2 Å². The van der Waals surface area contributed by atoms with Crippen LogP contribution in [-0.2, 0) is 5.41 Å². The molecule has 0 fully saturated rings. The number of fused-ring (bicyclic) bond motifs is 3. The average molecular weight is 684 g/mol. The summed E-state index contributed by atoms with van der Waals surface area (Å²) in [5.41, 5.74) is 16.5. The van der Waals surface area contributed by atoms with Crippen LogP contribution in [0.3, 0.4) is 0 Å². The molecule has 0 saturated heterocycles. The van der Waals surface area contributed by atoms with Crippen molar-refractivity contribution in [3.05, 3.63) is 185 Å². The summed E-state index contributed by atoms with van der Waals surface area (Å²) in [6.45, 7) is 8.78. The SMILES string of the molecule is CC1=CC(C)[N-]C(c2cccc(-c3cc(-c4ccc5c(c4)-c4ccccc4C5(C)C)cc(-c4nc(-c5ccccc5)cc(-c5ccccc5)n4)c3)c2)=N1. The van der Waals surface area contributed by atoms with Gasteiger partial charge in [-0.3, -0.25) is 0 Å². The van der Waals surface area contributed by atoms with Crippen LogP contribution in [0.4, 0.5) is 0 Å². The lowest BCUT2D eigenvalue weighted by molar-refractivity contribution is 0.660. The molecule has 2 heterocycles. The van der Waals surface area contributed by atoms with Crippen LogP contribution >= 0.6 is 0 Å². The highest BCUT2D eigenvalue weighted by Gasteiger charge is 2.35. The minimum Gasteiger partial charge on any atom is -0.458 e. The van der Waals surface area contributed by atoms with Gasteiger partial charge in [-0.2, -0.15) is 0 Å². The molecule has 53 heavy (non-hydrogen) atoms. The molecule has 6 aromatic carbocycles. The van der Waals surface area contributed by atoms with Crippen LogP contribution in [0.2, 0.25) is 0 Å². The minimum absolute atomic E-state index is 0.0601. The molecule has 256 valence electrons. The van der Waals surface area contributed by atoms with Gasteiger partial charge in [-0.15, -0.1) is 0 Å². The zero-order chi connectivity index (χ0) is 36.1. The first kappa shape index (κ1) is 32.5. The van der Waals surface area contributed by atoms with Crippen molar-refractivity contribution >= 4 is 5.84 Å². The Morgan fingerprint density at radius 1 is 0.491 bits per heavy atom. The number of aromatic nitrogens is 2. The van der Waals surface area contributed by atoms with Gasteiger partial charge in [-0.25, -0.2) is 9.97 Å². The second-order valence-corrected chi connectivity index (χ2v) is 14.6.